The molecule has 3 nitrogen and oxygen atoms in total. The van der Waals surface area contributed by atoms with Crippen molar-refractivity contribution in [1.82, 2.24) is 0 Å². The molecule has 0 aliphatic heterocycles. The van der Waals surface area contributed by atoms with Crippen molar-refractivity contribution in [2.24, 2.45) is 0 Å². The highest BCUT2D eigenvalue weighted by Crippen LogP contribution is 2.24. The third-order valence-corrected chi connectivity index (χ3v) is 3.01. The van der Waals surface area contributed by atoms with Crippen molar-refractivity contribution in [1.29, 1.82) is 0 Å². The van der Waals surface area contributed by atoms with Gasteiger partial charge in [0.25, 0.3) is 0 Å². The number of carbonyl (C=O) groups is 1. The third kappa shape index (κ3) is 3.35. The number of hydrogen-bond donors (Lipinski definition) is 1. The van der Waals surface area contributed by atoms with Crippen LogP contribution in [-0.2, 0) is 11.2 Å². The zero-order valence-electron chi connectivity index (χ0n) is 11.1. The summed E-state index contributed by atoms with van der Waals surface area (Å²) < 4.78 is 0. The maximum absolute atomic E-state index is 10.6. The van der Waals surface area contributed by atoms with Crippen LogP contribution in [0.3, 0.4) is 0 Å². The molecule has 0 saturated carbocycles. The average Bonchev–Trinajstić information content (AvgIpc) is 2.39. The Morgan fingerprint density at radius 1 is 1.05 bits per heavy atom. The van der Waals surface area contributed by atoms with E-state index in [0.29, 0.717) is 0 Å². The highest BCUT2D eigenvalue weighted by molar-refractivity contribution is 5.72. The lowest BCUT2D eigenvalue weighted by Gasteiger charge is -2.13. The van der Waals surface area contributed by atoms with E-state index in [1.165, 1.54) is 0 Å². The fourth-order valence-electron chi connectivity index (χ4n) is 1.95. The monoisotopic (exact) mass is 255 g/mol. The molecular weight excluding hydrogens is 238 g/mol. The van der Waals surface area contributed by atoms with Crippen LogP contribution in [0.25, 0.3) is 11.1 Å². The summed E-state index contributed by atoms with van der Waals surface area (Å²) in [6, 6.07) is 15.9. The van der Waals surface area contributed by atoms with Gasteiger partial charge in [-0.3, -0.25) is 4.79 Å². The van der Waals surface area contributed by atoms with Crippen LogP contribution in [0.1, 0.15) is 5.56 Å². The Bertz CT molecular complexity index is 574. The maximum atomic E-state index is 10.6. The molecule has 0 radical (unpaired) electrons. The van der Waals surface area contributed by atoms with Gasteiger partial charge in [-0.25, -0.2) is 0 Å². The van der Waals surface area contributed by atoms with Gasteiger partial charge in [-0.15, -0.1) is 0 Å². The smallest absolute Gasteiger partial charge is 0.307 e. The lowest BCUT2D eigenvalue weighted by atomic mass is 10.0. The van der Waals surface area contributed by atoms with Gasteiger partial charge in [-0.05, 0) is 28.8 Å². The molecule has 0 unspecified atom stereocenters. The van der Waals surface area contributed by atoms with Crippen LogP contribution < -0.4 is 4.90 Å². The van der Waals surface area contributed by atoms with Crippen molar-refractivity contribution in [2.75, 3.05) is 19.0 Å². The number of hydrogen-bond acceptors (Lipinski definition) is 2. The fourth-order valence-corrected chi connectivity index (χ4v) is 1.95. The second-order valence-corrected chi connectivity index (χ2v) is 4.71. The Morgan fingerprint density at radius 3 is 2.32 bits per heavy atom. The van der Waals surface area contributed by atoms with Gasteiger partial charge in [0, 0.05) is 19.8 Å². The van der Waals surface area contributed by atoms with E-state index >= 15 is 0 Å². The number of anilines is 1. The molecule has 0 aliphatic rings. The quantitative estimate of drug-likeness (QED) is 0.912. The van der Waals surface area contributed by atoms with Crippen LogP contribution in [0.4, 0.5) is 5.69 Å². The predicted molar refractivity (Wildman–Crippen MR) is 77.5 cm³/mol. The topological polar surface area (TPSA) is 40.5 Å². The molecule has 98 valence electrons. The van der Waals surface area contributed by atoms with Crippen molar-refractivity contribution in [3.05, 3.63) is 54.1 Å². The summed E-state index contributed by atoms with van der Waals surface area (Å²) in [4.78, 5) is 12.7. The SMILES string of the molecule is CN(C)c1cccc(-c2ccc(CC(=O)O)cc2)c1. The molecule has 0 spiro atoms. The van der Waals surface area contributed by atoms with E-state index in [0.717, 1.165) is 22.4 Å². The molecule has 19 heavy (non-hydrogen) atoms. The maximum Gasteiger partial charge on any atom is 0.307 e. The Morgan fingerprint density at radius 2 is 1.74 bits per heavy atom. The molecule has 0 atom stereocenters. The minimum atomic E-state index is -0.803. The van der Waals surface area contributed by atoms with Gasteiger partial charge in [0.15, 0.2) is 0 Å². The van der Waals surface area contributed by atoms with Gasteiger partial charge in [0.2, 0.25) is 0 Å². The summed E-state index contributed by atoms with van der Waals surface area (Å²) in [5.41, 5.74) is 4.19. The van der Waals surface area contributed by atoms with Gasteiger partial charge in [-0.2, -0.15) is 0 Å². The number of carboxylic acids is 1. The average molecular weight is 255 g/mol. The molecule has 0 amide bonds. The number of nitrogens with zero attached hydrogens (tertiary/aromatic N) is 1. The summed E-state index contributed by atoms with van der Waals surface area (Å²) in [6.07, 6.45) is 0.0675. The van der Waals surface area contributed by atoms with Gasteiger partial charge in [0.05, 0.1) is 6.42 Å². The van der Waals surface area contributed by atoms with E-state index in [2.05, 4.69) is 23.1 Å². The first kappa shape index (κ1) is 13.1. The molecule has 2 aromatic carbocycles. The number of aliphatic carboxylic acids is 1. The molecule has 0 aromatic heterocycles. The Kier molecular flexibility index (Phi) is 3.85. The number of carboxylic acid groups (broad SMARTS) is 1. The normalized spacial score (nSPS) is 10.2. The van der Waals surface area contributed by atoms with Crippen LogP contribution in [0.5, 0.6) is 0 Å². The number of benzene rings is 2. The van der Waals surface area contributed by atoms with Crippen LogP contribution in [0, 0.1) is 0 Å². The lowest BCUT2D eigenvalue weighted by Crippen LogP contribution is -2.08. The predicted octanol–water partition coefficient (Wildman–Crippen LogP) is 3.05. The van der Waals surface area contributed by atoms with Crippen LogP contribution >= 0.6 is 0 Å². The molecule has 0 bridgehead atoms. The summed E-state index contributed by atoms with van der Waals surface area (Å²) in [6.45, 7) is 0. The van der Waals surface area contributed by atoms with Crippen molar-refractivity contribution < 1.29 is 9.90 Å². The van der Waals surface area contributed by atoms with Crippen LogP contribution in [0.15, 0.2) is 48.5 Å². The van der Waals surface area contributed by atoms with Crippen molar-refractivity contribution in [3.8, 4) is 11.1 Å². The third-order valence-electron chi connectivity index (χ3n) is 3.01. The van der Waals surface area contributed by atoms with Crippen molar-refractivity contribution in [2.45, 2.75) is 6.42 Å². The lowest BCUT2D eigenvalue weighted by molar-refractivity contribution is -0.136. The molecular formula is C16H17NO2. The van der Waals surface area contributed by atoms with Crippen molar-refractivity contribution in [3.63, 3.8) is 0 Å². The first-order chi connectivity index (χ1) is 9.06. The molecule has 0 fully saturated rings. The van der Waals surface area contributed by atoms with Gasteiger partial charge >= 0.3 is 5.97 Å². The summed E-state index contributed by atoms with van der Waals surface area (Å²) in [7, 11) is 4.02. The number of rotatable bonds is 4. The fraction of sp³-hybridized carbons (Fsp3) is 0.188. The zero-order chi connectivity index (χ0) is 13.8. The standard InChI is InChI=1S/C16H17NO2/c1-17(2)15-5-3-4-14(11-15)13-8-6-12(7-9-13)10-16(18)19/h3-9,11H,10H2,1-2H3,(H,18,19). The highest BCUT2D eigenvalue weighted by atomic mass is 16.4. The van der Waals surface area contributed by atoms with Crippen molar-refractivity contribution >= 4 is 11.7 Å². The Hall–Kier alpha value is -2.29. The second-order valence-electron chi connectivity index (χ2n) is 4.71. The molecule has 1 N–H and O–H groups in total. The van der Waals surface area contributed by atoms with E-state index in [4.69, 9.17) is 5.11 Å². The van der Waals surface area contributed by atoms with E-state index in [1.54, 1.807) is 0 Å². The second kappa shape index (κ2) is 5.57. The highest BCUT2D eigenvalue weighted by Gasteiger charge is 2.03. The largest absolute Gasteiger partial charge is 0.481 e. The first-order valence-corrected chi connectivity index (χ1v) is 6.15. The van der Waals surface area contributed by atoms with E-state index in [-0.39, 0.29) is 6.42 Å². The van der Waals surface area contributed by atoms with Crippen LogP contribution in [0.2, 0.25) is 0 Å². The van der Waals surface area contributed by atoms with Crippen LogP contribution in [-0.4, -0.2) is 25.2 Å². The van der Waals surface area contributed by atoms with Gasteiger partial charge < -0.3 is 10.0 Å². The minimum Gasteiger partial charge on any atom is -0.481 e. The summed E-state index contributed by atoms with van der Waals surface area (Å²) in [5, 5.41) is 8.75. The zero-order valence-corrected chi connectivity index (χ0v) is 11.1. The molecule has 2 rings (SSSR count). The minimum absolute atomic E-state index is 0.0675. The van der Waals surface area contributed by atoms with E-state index < -0.39 is 5.97 Å². The van der Waals surface area contributed by atoms with Gasteiger partial charge in [-0.1, -0.05) is 36.4 Å². The molecule has 3 heteroatoms. The molecule has 0 aliphatic carbocycles. The summed E-state index contributed by atoms with van der Waals surface area (Å²) in [5.74, 6) is -0.803. The Balaban J connectivity index is 2.26. The Labute approximate surface area is 113 Å². The molecule has 0 heterocycles. The van der Waals surface area contributed by atoms with E-state index in [1.807, 2.05) is 44.4 Å². The van der Waals surface area contributed by atoms with Gasteiger partial charge in [0.1, 0.15) is 0 Å². The summed E-state index contributed by atoms with van der Waals surface area (Å²) >= 11 is 0. The molecule has 0 saturated heterocycles. The first-order valence-electron chi connectivity index (χ1n) is 6.15. The molecule has 2 aromatic rings. The van der Waals surface area contributed by atoms with E-state index in [9.17, 15) is 4.79 Å².